The number of ether oxygens (including phenoxy) is 1. The van der Waals surface area contributed by atoms with Crippen molar-refractivity contribution in [1.29, 1.82) is 0 Å². The molecule has 0 spiro atoms. The number of nitrogens with two attached hydrogens (primary N) is 1. The average Bonchev–Trinajstić information content (AvgIpc) is 3.27. The number of nitrogen functional groups attached to an aromatic ring is 1. The lowest BCUT2D eigenvalue weighted by atomic mass is 10.2. The summed E-state index contributed by atoms with van der Waals surface area (Å²) >= 11 is 0. The van der Waals surface area contributed by atoms with E-state index in [4.69, 9.17) is 14.9 Å². The molecule has 8 nitrogen and oxygen atoms in total. The Labute approximate surface area is 197 Å². The fraction of sp³-hybridized carbons (Fsp3) is 0.154. The van der Waals surface area contributed by atoms with Crippen LogP contribution >= 0.6 is 0 Å². The van der Waals surface area contributed by atoms with E-state index in [-0.39, 0.29) is 24.2 Å². The van der Waals surface area contributed by atoms with Gasteiger partial charge in [0.15, 0.2) is 5.76 Å². The van der Waals surface area contributed by atoms with Crippen molar-refractivity contribution in [3.8, 4) is 5.75 Å². The molecule has 0 aliphatic heterocycles. The molecule has 1 heterocycles. The number of hydrogen-bond donors (Lipinski definition) is 2. The normalized spacial score (nSPS) is 10.9. The van der Waals surface area contributed by atoms with Gasteiger partial charge in [0, 0.05) is 25.0 Å². The van der Waals surface area contributed by atoms with Crippen molar-refractivity contribution in [2.75, 3.05) is 38.3 Å². The number of benzene rings is 3. The molecule has 4 aromatic rings. The minimum absolute atomic E-state index is 0.253. The number of carbonyl (C=O) groups excluding carboxylic acids is 2. The summed E-state index contributed by atoms with van der Waals surface area (Å²) in [6.07, 6.45) is 0. The number of rotatable bonds is 8. The summed E-state index contributed by atoms with van der Waals surface area (Å²) in [5.41, 5.74) is 8.08. The minimum atomic E-state index is -0.264. The van der Waals surface area contributed by atoms with Crippen LogP contribution in [0.1, 0.15) is 20.9 Å². The van der Waals surface area contributed by atoms with E-state index < -0.39 is 0 Å². The highest BCUT2D eigenvalue weighted by atomic mass is 16.5. The molecule has 0 radical (unpaired) electrons. The summed E-state index contributed by atoms with van der Waals surface area (Å²) in [6.45, 7) is 0.578. The van der Waals surface area contributed by atoms with E-state index in [1.54, 1.807) is 78.7 Å². The number of fused-ring (bicyclic) bond motifs is 1. The fourth-order valence-corrected chi connectivity index (χ4v) is 3.46. The zero-order valence-electron chi connectivity index (χ0n) is 19.0. The van der Waals surface area contributed by atoms with Gasteiger partial charge in [0.05, 0.1) is 17.9 Å². The molecule has 0 unspecified atom stereocenters. The number of nitrogens with zero attached hydrogens (tertiary/aromatic N) is 2. The largest absolute Gasteiger partial charge is 0.492 e. The van der Waals surface area contributed by atoms with Crippen LogP contribution in [0.3, 0.4) is 0 Å². The summed E-state index contributed by atoms with van der Waals surface area (Å²) in [6, 6.07) is 23.1. The molecular formula is C26H26N4O4. The Hall–Kier alpha value is -4.30. The van der Waals surface area contributed by atoms with E-state index in [9.17, 15) is 9.59 Å². The molecule has 8 heteroatoms. The lowest BCUT2D eigenvalue weighted by molar-refractivity contribution is 0.0112. The molecule has 1 aromatic heterocycles. The smallest absolute Gasteiger partial charge is 0.303 e. The van der Waals surface area contributed by atoms with Gasteiger partial charge in [-0.25, -0.2) is 5.01 Å². The standard InChI is InChI=1S/C26H26N4O4/c1-29(2)30(26(32)24-17-19-7-3-6-10-23(19)34-24)15-16-33-20-13-11-18(12-14-20)25(31)28-22-9-5-4-8-21(22)27/h3-14,17H,15-16,27H2,1-2H3,(H,28,31). The molecule has 34 heavy (non-hydrogen) atoms. The maximum absolute atomic E-state index is 13.0. The number of amides is 2. The lowest BCUT2D eigenvalue weighted by Crippen LogP contribution is -2.44. The molecule has 0 saturated carbocycles. The molecule has 4 rings (SSSR count). The summed E-state index contributed by atoms with van der Waals surface area (Å²) in [5.74, 6) is 0.339. The minimum Gasteiger partial charge on any atom is -0.492 e. The van der Waals surface area contributed by atoms with Gasteiger partial charge in [-0.1, -0.05) is 30.3 Å². The molecular weight excluding hydrogens is 432 g/mol. The highest BCUT2D eigenvalue weighted by Crippen LogP contribution is 2.21. The second-order valence-corrected chi connectivity index (χ2v) is 7.84. The third kappa shape index (κ3) is 5.19. The first-order valence-electron chi connectivity index (χ1n) is 10.8. The molecule has 0 aliphatic rings. The van der Waals surface area contributed by atoms with Gasteiger partial charge in [0.2, 0.25) is 0 Å². The van der Waals surface area contributed by atoms with E-state index >= 15 is 0 Å². The van der Waals surface area contributed by atoms with E-state index in [2.05, 4.69) is 5.32 Å². The second-order valence-electron chi connectivity index (χ2n) is 7.84. The molecule has 0 bridgehead atoms. The Morgan fingerprint density at radius 3 is 2.38 bits per heavy atom. The maximum Gasteiger partial charge on any atom is 0.303 e. The zero-order chi connectivity index (χ0) is 24.1. The highest BCUT2D eigenvalue weighted by molar-refractivity contribution is 6.05. The molecule has 174 valence electrons. The van der Waals surface area contributed by atoms with Gasteiger partial charge in [-0.05, 0) is 48.5 Å². The maximum atomic E-state index is 13.0. The van der Waals surface area contributed by atoms with Crippen molar-refractivity contribution in [3.63, 3.8) is 0 Å². The first kappa shape index (κ1) is 22.9. The van der Waals surface area contributed by atoms with Crippen LogP contribution in [0.15, 0.2) is 83.3 Å². The number of nitrogens with one attached hydrogen (secondary N) is 1. The van der Waals surface area contributed by atoms with Crippen molar-refractivity contribution in [3.05, 3.63) is 90.2 Å². The average molecular weight is 459 g/mol. The van der Waals surface area contributed by atoms with Gasteiger partial charge in [-0.15, -0.1) is 0 Å². The first-order valence-corrected chi connectivity index (χ1v) is 10.8. The van der Waals surface area contributed by atoms with E-state index in [1.165, 1.54) is 0 Å². The second kappa shape index (κ2) is 10.1. The van der Waals surface area contributed by atoms with Gasteiger partial charge in [0.25, 0.3) is 5.91 Å². The molecule has 0 fully saturated rings. The highest BCUT2D eigenvalue weighted by Gasteiger charge is 2.22. The molecule has 0 atom stereocenters. The van der Waals surface area contributed by atoms with E-state index in [0.717, 1.165) is 5.39 Å². The molecule has 2 amide bonds. The van der Waals surface area contributed by atoms with Crippen LogP contribution in [0.5, 0.6) is 5.75 Å². The van der Waals surface area contributed by atoms with Crippen molar-refractivity contribution < 1.29 is 18.7 Å². The van der Waals surface area contributed by atoms with Crippen LogP contribution in [0.4, 0.5) is 11.4 Å². The predicted molar refractivity (Wildman–Crippen MR) is 132 cm³/mol. The van der Waals surface area contributed by atoms with Crippen molar-refractivity contribution in [2.45, 2.75) is 0 Å². The van der Waals surface area contributed by atoms with Gasteiger partial charge >= 0.3 is 5.91 Å². The van der Waals surface area contributed by atoms with Crippen molar-refractivity contribution in [1.82, 2.24) is 10.0 Å². The summed E-state index contributed by atoms with van der Waals surface area (Å²) in [4.78, 5) is 25.4. The Balaban J connectivity index is 1.34. The number of furan rings is 1. The van der Waals surface area contributed by atoms with Gasteiger partial charge in [-0.3, -0.25) is 14.6 Å². The summed E-state index contributed by atoms with van der Waals surface area (Å²) in [5, 5.41) is 6.91. The van der Waals surface area contributed by atoms with Crippen LogP contribution < -0.4 is 15.8 Å². The Morgan fingerprint density at radius 1 is 0.971 bits per heavy atom. The third-order valence-corrected chi connectivity index (χ3v) is 5.25. The van der Waals surface area contributed by atoms with E-state index in [1.807, 2.05) is 24.3 Å². The van der Waals surface area contributed by atoms with Crippen LogP contribution in [0.2, 0.25) is 0 Å². The fourth-order valence-electron chi connectivity index (χ4n) is 3.46. The Bertz CT molecular complexity index is 1260. The van der Waals surface area contributed by atoms with Gasteiger partial charge in [-0.2, -0.15) is 0 Å². The van der Waals surface area contributed by atoms with Gasteiger partial charge < -0.3 is 20.2 Å². The predicted octanol–water partition coefficient (Wildman–Crippen LogP) is 4.27. The summed E-state index contributed by atoms with van der Waals surface area (Å²) in [7, 11) is 3.57. The molecule has 0 saturated heterocycles. The number of carbonyl (C=O) groups is 2. The van der Waals surface area contributed by atoms with Crippen LogP contribution in [-0.4, -0.2) is 49.1 Å². The zero-order valence-corrected chi connectivity index (χ0v) is 19.0. The summed E-state index contributed by atoms with van der Waals surface area (Å²) < 4.78 is 11.5. The number of hydrazine groups is 1. The first-order chi connectivity index (χ1) is 16.4. The van der Waals surface area contributed by atoms with Crippen LogP contribution in [0.25, 0.3) is 11.0 Å². The number of para-hydroxylation sites is 3. The molecule has 3 N–H and O–H groups in total. The molecule has 0 aliphatic carbocycles. The van der Waals surface area contributed by atoms with Crippen LogP contribution in [-0.2, 0) is 0 Å². The van der Waals surface area contributed by atoms with Crippen molar-refractivity contribution >= 4 is 34.2 Å². The van der Waals surface area contributed by atoms with E-state index in [0.29, 0.717) is 34.8 Å². The van der Waals surface area contributed by atoms with Crippen LogP contribution in [0, 0.1) is 0 Å². The topological polar surface area (TPSA) is 101 Å². The molecule has 3 aromatic carbocycles. The Kier molecular flexibility index (Phi) is 6.79. The number of hydrogen-bond acceptors (Lipinski definition) is 6. The van der Waals surface area contributed by atoms with Gasteiger partial charge in [0.1, 0.15) is 17.9 Å². The Morgan fingerprint density at radius 2 is 1.68 bits per heavy atom. The SMILES string of the molecule is CN(C)N(CCOc1ccc(C(=O)Nc2ccccc2N)cc1)C(=O)c1cc2ccccc2o1. The van der Waals surface area contributed by atoms with Crippen molar-refractivity contribution in [2.24, 2.45) is 0 Å². The third-order valence-electron chi connectivity index (χ3n) is 5.25. The quantitative estimate of drug-likeness (QED) is 0.302. The lowest BCUT2D eigenvalue weighted by Gasteiger charge is -2.28. The monoisotopic (exact) mass is 458 g/mol. The number of anilines is 2.